The molecule has 0 atom stereocenters. The Kier molecular flexibility index (Phi) is 5.40. The van der Waals surface area contributed by atoms with E-state index in [-0.39, 0.29) is 15.6 Å². The number of aryl methyl sites for hydroxylation is 2. The third kappa shape index (κ3) is 3.95. The maximum atomic E-state index is 12.6. The van der Waals surface area contributed by atoms with Crippen LogP contribution >= 0.6 is 11.3 Å². The summed E-state index contributed by atoms with van der Waals surface area (Å²) < 4.78 is 30.1. The first kappa shape index (κ1) is 18.8. The van der Waals surface area contributed by atoms with Crippen LogP contribution in [0.5, 0.6) is 0 Å². The number of carbonyl (C=O) groups excluding carboxylic acids is 1. The van der Waals surface area contributed by atoms with Crippen molar-refractivity contribution in [3.8, 4) is 0 Å². The summed E-state index contributed by atoms with van der Waals surface area (Å²) >= 11 is 0.917. The van der Waals surface area contributed by atoms with Crippen molar-refractivity contribution in [2.24, 2.45) is 16.6 Å². The molecule has 2 rings (SSSR count). The molecule has 9 nitrogen and oxygen atoms in total. The van der Waals surface area contributed by atoms with E-state index < -0.39 is 22.0 Å². The zero-order chi connectivity index (χ0) is 18.8. The molecule has 11 heteroatoms. The van der Waals surface area contributed by atoms with Crippen LogP contribution < -0.4 is 11.6 Å². The minimum Gasteiger partial charge on any atom is -0.465 e. The van der Waals surface area contributed by atoms with Gasteiger partial charge in [-0.25, -0.2) is 15.6 Å². The number of ether oxygens (including phenoxy) is 1. The number of aliphatic imine (C=N–C) groups is 1. The molecule has 0 fully saturated rings. The number of hydrazine groups is 1. The van der Waals surface area contributed by atoms with Crippen molar-refractivity contribution in [2.45, 2.75) is 18.7 Å². The molecular formula is C14H17N5O4S2. The Bertz CT molecular complexity index is 916. The summed E-state index contributed by atoms with van der Waals surface area (Å²) in [6.07, 6.45) is 0. The quantitative estimate of drug-likeness (QED) is 0.264. The molecule has 0 aliphatic heterocycles. The highest BCUT2D eigenvalue weighted by Gasteiger charge is 2.30. The minimum atomic E-state index is -4.28. The summed E-state index contributed by atoms with van der Waals surface area (Å²) in [7, 11) is -3.13. The number of thiophene rings is 1. The van der Waals surface area contributed by atoms with Crippen molar-refractivity contribution in [3.05, 3.63) is 39.7 Å². The predicted molar refractivity (Wildman–Crippen MR) is 93.9 cm³/mol. The first-order chi connectivity index (χ1) is 11.7. The molecule has 0 aliphatic carbocycles. The van der Waals surface area contributed by atoms with Gasteiger partial charge in [0, 0.05) is 5.69 Å². The average molecular weight is 383 g/mol. The van der Waals surface area contributed by atoms with Gasteiger partial charge in [0.05, 0.1) is 7.11 Å². The third-order valence-electron chi connectivity index (χ3n) is 3.08. The lowest BCUT2D eigenvalue weighted by molar-refractivity contribution is 0.0602. The van der Waals surface area contributed by atoms with Gasteiger partial charge in [-0.3, -0.25) is 0 Å². The maximum absolute atomic E-state index is 12.6. The molecule has 0 aliphatic rings. The predicted octanol–water partition coefficient (Wildman–Crippen LogP) is 1.06. The van der Waals surface area contributed by atoms with Crippen LogP contribution in [0.3, 0.4) is 0 Å². The second-order valence-electron chi connectivity index (χ2n) is 5.02. The normalized spacial score (nSPS) is 12.1. The number of hydrogen-bond donors (Lipinski definition) is 2. The van der Waals surface area contributed by atoms with Crippen LogP contribution in [0.1, 0.15) is 20.9 Å². The second kappa shape index (κ2) is 7.17. The number of nitrogens with zero attached hydrogens (tertiary/aromatic N) is 3. The van der Waals surface area contributed by atoms with E-state index in [1.807, 2.05) is 13.0 Å². The molecule has 134 valence electrons. The Labute approximate surface area is 149 Å². The molecular weight excluding hydrogens is 366 g/mol. The number of hydrogen-bond acceptors (Lipinski definition) is 8. The van der Waals surface area contributed by atoms with E-state index in [0.29, 0.717) is 10.1 Å². The van der Waals surface area contributed by atoms with Crippen molar-refractivity contribution >= 4 is 39.1 Å². The highest BCUT2D eigenvalue weighted by atomic mass is 32.2. The number of pyridine rings is 1. The largest absolute Gasteiger partial charge is 0.465 e. The fourth-order valence-corrected chi connectivity index (χ4v) is 4.32. The SMILES string of the molecule is COC(=O)c1sccc1S(=O)(=O)N(N)C(N)=Nc1cc(C)cc(C)n1. The van der Waals surface area contributed by atoms with E-state index in [1.165, 1.54) is 11.4 Å². The van der Waals surface area contributed by atoms with E-state index >= 15 is 0 Å². The summed E-state index contributed by atoms with van der Waals surface area (Å²) in [6, 6.07) is 4.71. The van der Waals surface area contributed by atoms with E-state index in [4.69, 9.17) is 11.6 Å². The van der Waals surface area contributed by atoms with Gasteiger partial charge in [-0.2, -0.15) is 17.8 Å². The maximum Gasteiger partial charge on any atom is 0.349 e. The molecule has 0 saturated heterocycles. The molecule has 4 N–H and O–H groups in total. The Morgan fingerprint density at radius 1 is 1.36 bits per heavy atom. The molecule has 0 unspecified atom stereocenters. The monoisotopic (exact) mass is 383 g/mol. The fourth-order valence-electron chi connectivity index (χ4n) is 2.02. The highest BCUT2D eigenvalue weighted by molar-refractivity contribution is 7.89. The lowest BCUT2D eigenvalue weighted by Gasteiger charge is -2.17. The summed E-state index contributed by atoms with van der Waals surface area (Å²) in [5, 5.41) is 1.44. The summed E-state index contributed by atoms with van der Waals surface area (Å²) in [4.78, 5) is 19.4. The van der Waals surface area contributed by atoms with Crippen LogP contribution in [-0.4, -0.2) is 36.9 Å². The van der Waals surface area contributed by atoms with E-state index in [1.54, 1.807) is 13.0 Å². The number of nitrogens with two attached hydrogens (primary N) is 2. The average Bonchev–Trinajstić information content (AvgIpc) is 3.02. The summed E-state index contributed by atoms with van der Waals surface area (Å²) in [5.74, 6) is 4.59. The van der Waals surface area contributed by atoms with Gasteiger partial charge in [0.2, 0.25) is 5.96 Å². The van der Waals surface area contributed by atoms with E-state index in [0.717, 1.165) is 24.0 Å². The molecule has 0 aromatic carbocycles. The number of methoxy groups -OCH3 is 1. The highest BCUT2D eigenvalue weighted by Crippen LogP contribution is 2.25. The Hall–Kier alpha value is -2.50. The fraction of sp³-hybridized carbons (Fsp3) is 0.214. The number of esters is 1. The topological polar surface area (TPSA) is 141 Å². The Morgan fingerprint density at radius 3 is 2.64 bits per heavy atom. The molecule has 0 spiro atoms. The van der Waals surface area contributed by atoms with Crippen molar-refractivity contribution in [1.82, 2.24) is 9.40 Å². The van der Waals surface area contributed by atoms with Gasteiger partial charge in [-0.05, 0) is 43.0 Å². The molecule has 2 aromatic rings. The molecule has 2 aromatic heterocycles. The number of rotatable bonds is 4. The molecule has 0 saturated carbocycles. The number of aromatic nitrogens is 1. The smallest absolute Gasteiger partial charge is 0.349 e. The number of carbonyl (C=O) groups is 1. The van der Waals surface area contributed by atoms with Crippen LogP contribution in [0, 0.1) is 13.8 Å². The van der Waals surface area contributed by atoms with E-state index in [9.17, 15) is 13.2 Å². The van der Waals surface area contributed by atoms with Crippen molar-refractivity contribution in [1.29, 1.82) is 0 Å². The molecule has 2 heterocycles. The van der Waals surface area contributed by atoms with Gasteiger partial charge < -0.3 is 10.5 Å². The summed E-state index contributed by atoms with van der Waals surface area (Å²) in [6.45, 7) is 3.61. The van der Waals surface area contributed by atoms with Crippen LogP contribution in [-0.2, 0) is 14.8 Å². The van der Waals surface area contributed by atoms with Gasteiger partial charge in [-0.15, -0.1) is 11.3 Å². The molecule has 0 amide bonds. The van der Waals surface area contributed by atoms with Crippen molar-refractivity contribution < 1.29 is 17.9 Å². The Balaban J connectivity index is 2.41. The lowest BCUT2D eigenvalue weighted by atomic mass is 10.2. The van der Waals surface area contributed by atoms with Gasteiger partial charge in [0.15, 0.2) is 5.82 Å². The lowest BCUT2D eigenvalue weighted by Crippen LogP contribution is -2.46. The number of sulfonamides is 1. The van der Waals surface area contributed by atoms with Gasteiger partial charge in [0.25, 0.3) is 10.0 Å². The zero-order valence-corrected chi connectivity index (χ0v) is 15.4. The third-order valence-corrected chi connectivity index (χ3v) is 5.70. The minimum absolute atomic E-state index is 0.102. The van der Waals surface area contributed by atoms with Crippen LogP contribution in [0.15, 0.2) is 33.5 Å². The van der Waals surface area contributed by atoms with Crippen LogP contribution in [0.4, 0.5) is 5.82 Å². The molecule has 0 bridgehead atoms. The second-order valence-corrected chi connectivity index (χ2v) is 7.72. The summed E-state index contributed by atoms with van der Waals surface area (Å²) in [5.41, 5.74) is 7.30. The van der Waals surface area contributed by atoms with Gasteiger partial charge >= 0.3 is 5.97 Å². The standard InChI is InChI=1S/C14H17N5O4S2/c1-8-6-9(2)17-11(7-8)18-14(15)19(16)25(21,22)10-4-5-24-12(10)13(20)23-3/h4-7H,16H2,1-3H3,(H2,15,17,18). The van der Waals surface area contributed by atoms with Crippen LogP contribution in [0.25, 0.3) is 0 Å². The van der Waals surface area contributed by atoms with E-state index in [2.05, 4.69) is 14.7 Å². The van der Waals surface area contributed by atoms with Gasteiger partial charge in [-0.1, -0.05) is 0 Å². The zero-order valence-electron chi connectivity index (χ0n) is 13.8. The van der Waals surface area contributed by atoms with Gasteiger partial charge in [0.1, 0.15) is 9.77 Å². The molecule has 0 radical (unpaired) electrons. The number of guanidine groups is 1. The van der Waals surface area contributed by atoms with Crippen molar-refractivity contribution in [3.63, 3.8) is 0 Å². The van der Waals surface area contributed by atoms with Crippen LogP contribution in [0.2, 0.25) is 0 Å². The van der Waals surface area contributed by atoms with Crippen molar-refractivity contribution in [2.75, 3.05) is 7.11 Å². The first-order valence-corrected chi connectivity index (χ1v) is 9.24. The molecule has 25 heavy (non-hydrogen) atoms. The Morgan fingerprint density at radius 2 is 2.04 bits per heavy atom. The first-order valence-electron chi connectivity index (χ1n) is 6.92.